The largest absolute Gasteiger partial charge is 0.504 e. The van der Waals surface area contributed by atoms with Crippen LogP contribution < -0.4 is 9.64 Å². The summed E-state index contributed by atoms with van der Waals surface area (Å²) >= 11 is 5.42. The van der Waals surface area contributed by atoms with Crippen LogP contribution >= 0.6 is 38.5 Å². The number of phenolic OH excluding ortho intramolecular Hbond substituents is 1. The molecule has 1 N–H and O–H groups in total. The SMILES string of the molecule is COc1cc(C=CC2C3=CCC4C(=O)N(c5ccc(I)cc5)C(=O)C4C3CC3=C2C(=O)C=C(Br)C3=O)ccc1O. The third-order valence-corrected chi connectivity index (χ3v) is 9.46. The van der Waals surface area contributed by atoms with Crippen LogP contribution in [-0.2, 0) is 19.2 Å². The van der Waals surface area contributed by atoms with Gasteiger partial charge in [-0.15, -0.1) is 0 Å². The number of nitrogens with zero attached hydrogens (tertiary/aromatic N) is 1. The van der Waals surface area contributed by atoms with Gasteiger partial charge in [0.1, 0.15) is 0 Å². The first-order chi connectivity index (χ1) is 19.2. The number of amides is 2. The second kappa shape index (κ2) is 10.3. The first-order valence-electron chi connectivity index (χ1n) is 12.8. The number of halogens is 2. The van der Waals surface area contributed by atoms with Crippen LogP contribution in [0.1, 0.15) is 18.4 Å². The number of ether oxygens (including phenoxy) is 1. The van der Waals surface area contributed by atoms with Gasteiger partial charge in [0.2, 0.25) is 11.8 Å². The van der Waals surface area contributed by atoms with E-state index in [4.69, 9.17) is 4.74 Å². The number of carbonyl (C=O) groups is 4. The monoisotopic (exact) mass is 711 g/mol. The highest BCUT2D eigenvalue weighted by molar-refractivity contribution is 14.1. The number of imide groups is 1. The van der Waals surface area contributed by atoms with E-state index in [0.717, 1.165) is 14.7 Å². The van der Waals surface area contributed by atoms with E-state index in [2.05, 4.69) is 38.5 Å². The Morgan fingerprint density at radius 3 is 2.52 bits per heavy atom. The average molecular weight is 712 g/mol. The van der Waals surface area contributed by atoms with Crippen molar-refractivity contribution < 1.29 is 29.0 Å². The molecule has 3 aliphatic carbocycles. The van der Waals surface area contributed by atoms with E-state index in [1.807, 2.05) is 30.4 Å². The molecule has 1 fully saturated rings. The summed E-state index contributed by atoms with van der Waals surface area (Å²) in [6.45, 7) is 0. The minimum Gasteiger partial charge on any atom is -0.504 e. The molecule has 4 atom stereocenters. The third-order valence-electron chi connectivity index (χ3n) is 8.15. The van der Waals surface area contributed by atoms with Gasteiger partial charge in [-0.1, -0.05) is 29.9 Å². The van der Waals surface area contributed by atoms with E-state index < -0.39 is 23.7 Å². The smallest absolute Gasteiger partial charge is 0.238 e. The zero-order chi connectivity index (χ0) is 28.3. The third kappa shape index (κ3) is 4.30. The molecule has 9 heteroatoms. The summed E-state index contributed by atoms with van der Waals surface area (Å²) in [6.07, 6.45) is 7.56. The standard InChI is InChI=1S/C31H23BrINO6/c1-40-26-12-15(3-11-24(26)35)2-8-19-18-9-10-20-28(21(18)13-22-27(19)25(36)14-23(32)29(22)37)31(39)34(30(20)38)17-6-4-16(33)5-7-17/h2-9,11-12,14,19-21,28,35H,10,13H2,1H3. The molecule has 4 aliphatic rings. The first kappa shape index (κ1) is 26.9. The van der Waals surface area contributed by atoms with Gasteiger partial charge in [0, 0.05) is 26.7 Å². The first-order valence-corrected chi connectivity index (χ1v) is 14.6. The predicted octanol–water partition coefficient (Wildman–Crippen LogP) is 5.52. The van der Waals surface area contributed by atoms with Crippen LogP contribution in [0.15, 0.2) is 81.9 Å². The minimum atomic E-state index is -0.627. The van der Waals surface area contributed by atoms with Gasteiger partial charge in [-0.2, -0.15) is 0 Å². The molecule has 1 saturated heterocycles. The van der Waals surface area contributed by atoms with Gasteiger partial charge in [-0.05, 0) is 99.2 Å². The van der Waals surface area contributed by atoms with Crippen molar-refractivity contribution in [2.75, 3.05) is 12.0 Å². The molecule has 0 bridgehead atoms. The van der Waals surface area contributed by atoms with Crippen LogP contribution in [0.5, 0.6) is 11.5 Å². The number of hydrogen-bond acceptors (Lipinski definition) is 6. The summed E-state index contributed by atoms with van der Waals surface area (Å²) in [5, 5.41) is 9.98. The van der Waals surface area contributed by atoms with Gasteiger partial charge in [0.25, 0.3) is 0 Å². The fourth-order valence-corrected chi connectivity index (χ4v) is 7.14. The van der Waals surface area contributed by atoms with Crippen LogP contribution in [0.25, 0.3) is 6.08 Å². The lowest BCUT2D eigenvalue weighted by atomic mass is 9.61. The molecule has 2 aromatic carbocycles. The molecule has 202 valence electrons. The van der Waals surface area contributed by atoms with Crippen molar-refractivity contribution in [1.82, 2.24) is 0 Å². The second-order valence-corrected chi connectivity index (χ2v) is 12.3. The molecular weight excluding hydrogens is 689 g/mol. The number of allylic oxidation sites excluding steroid dienone is 7. The van der Waals surface area contributed by atoms with E-state index >= 15 is 0 Å². The molecule has 1 aliphatic heterocycles. The van der Waals surface area contributed by atoms with E-state index in [1.165, 1.54) is 24.2 Å². The lowest BCUT2D eigenvalue weighted by Gasteiger charge is -2.41. The lowest BCUT2D eigenvalue weighted by molar-refractivity contribution is -0.123. The molecule has 4 unspecified atom stereocenters. The second-order valence-electron chi connectivity index (χ2n) is 10.2. The molecule has 7 nitrogen and oxygen atoms in total. The number of phenols is 1. The minimum absolute atomic E-state index is 0.00791. The fourth-order valence-electron chi connectivity index (χ4n) is 6.33. The highest BCUT2D eigenvalue weighted by Crippen LogP contribution is 2.53. The van der Waals surface area contributed by atoms with E-state index in [1.54, 1.807) is 24.3 Å². The van der Waals surface area contributed by atoms with Gasteiger partial charge in [-0.25, -0.2) is 0 Å². The van der Waals surface area contributed by atoms with Crippen LogP contribution in [0.3, 0.4) is 0 Å². The topological polar surface area (TPSA) is 101 Å². The quantitative estimate of drug-likeness (QED) is 0.194. The highest BCUT2D eigenvalue weighted by Gasteiger charge is 2.56. The van der Waals surface area contributed by atoms with Crippen molar-refractivity contribution in [3.8, 4) is 11.5 Å². The van der Waals surface area contributed by atoms with E-state index in [-0.39, 0.29) is 40.0 Å². The number of anilines is 1. The number of rotatable bonds is 4. The summed E-state index contributed by atoms with van der Waals surface area (Å²) in [5.41, 5.74) is 2.93. The maximum atomic E-state index is 13.9. The highest BCUT2D eigenvalue weighted by atomic mass is 127. The van der Waals surface area contributed by atoms with Crippen LogP contribution in [-0.4, -0.2) is 35.6 Å². The molecule has 40 heavy (non-hydrogen) atoms. The Bertz CT molecular complexity index is 1620. The molecule has 6 rings (SSSR count). The Kier molecular flexibility index (Phi) is 6.90. The molecule has 0 aromatic heterocycles. The maximum Gasteiger partial charge on any atom is 0.238 e. The number of fused-ring (bicyclic) bond motifs is 3. The lowest BCUT2D eigenvalue weighted by Crippen LogP contribution is -2.40. The summed E-state index contributed by atoms with van der Waals surface area (Å²) in [7, 11) is 1.46. The number of ketones is 2. The summed E-state index contributed by atoms with van der Waals surface area (Å²) < 4.78 is 6.41. The van der Waals surface area contributed by atoms with Crippen molar-refractivity contribution in [2.45, 2.75) is 12.8 Å². The van der Waals surface area contributed by atoms with Crippen molar-refractivity contribution >= 4 is 73.7 Å². The number of Topliss-reactive ketones (excluding diaryl/α,β-unsaturated/α-hetero) is 1. The van der Waals surface area contributed by atoms with Gasteiger partial charge in [-0.3, -0.25) is 24.1 Å². The van der Waals surface area contributed by atoms with Crippen molar-refractivity contribution in [1.29, 1.82) is 0 Å². The molecule has 0 radical (unpaired) electrons. The van der Waals surface area contributed by atoms with E-state index in [0.29, 0.717) is 29.0 Å². The van der Waals surface area contributed by atoms with Gasteiger partial charge < -0.3 is 9.84 Å². The zero-order valence-electron chi connectivity index (χ0n) is 21.3. The number of aromatic hydroxyl groups is 1. The number of benzene rings is 2. The van der Waals surface area contributed by atoms with Crippen LogP contribution in [0, 0.1) is 27.2 Å². The molecule has 1 heterocycles. The predicted molar refractivity (Wildman–Crippen MR) is 161 cm³/mol. The number of hydrogen-bond donors (Lipinski definition) is 1. The van der Waals surface area contributed by atoms with Crippen LogP contribution in [0.4, 0.5) is 5.69 Å². The Hall–Kier alpha value is -3.31. The van der Waals surface area contributed by atoms with Crippen molar-refractivity contribution in [2.24, 2.45) is 23.7 Å². The number of methoxy groups -OCH3 is 1. The zero-order valence-corrected chi connectivity index (χ0v) is 25.0. The van der Waals surface area contributed by atoms with Crippen LogP contribution in [0.2, 0.25) is 0 Å². The maximum absolute atomic E-state index is 13.9. The molecule has 0 saturated carbocycles. The summed E-state index contributed by atoms with van der Waals surface area (Å²) in [6, 6.07) is 12.2. The average Bonchev–Trinajstić information content (AvgIpc) is 3.20. The van der Waals surface area contributed by atoms with Crippen molar-refractivity contribution in [3.05, 3.63) is 91.0 Å². The normalized spacial score (nSPS) is 26.0. The Balaban J connectivity index is 1.42. The van der Waals surface area contributed by atoms with Gasteiger partial charge in [0.15, 0.2) is 23.1 Å². The van der Waals surface area contributed by atoms with E-state index in [9.17, 15) is 24.3 Å². The molecular formula is C31H23BrINO6. The van der Waals surface area contributed by atoms with Gasteiger partial charge in [0.05, 0.1) is 29.1 Å². The number of carbonyl (C=O) groups excluding carboxylic acids is 4. The Morgan fingerprint density at radius 2 is 1.80 bits per heavy atom. The Labute approximate surface area is 252 Å². The molecule has 2 aromatic rings. The summed E-state index contributed by atoms with van der Waals surface area (Å²) in [4.78, 5) is 55.3. The van der Waals surface area contributed by atoms with Gasteiger partial charge >= 0.3 is 0 Å². The Morgan fingerprint density at radius 1 is 1.05 bits per heavy atom. The summed E-state index contributed by atoms with van der Waals surface area (Å²) in [5.74, 6) is -2.81. The fraction of sp³-hybridized carbons (Fsp3) is 0.226. The molecule has 2 amide bonds. The van der Waals surface area contributed by atoms with Crippen molar-refractivity contribution in [3.63, 3.8) is 0 Å². The molecule has 0 spiro atoms.